The third-order valence-corrected chi connectivity index (χ3v) is 4.75. The molecule has 1 spiro atoms. The summed E-state index contributed by atoms with van der Waals surface area (Å²) in [5.41, 5.74) is 0.616. The Balaban J connectivity index is 1.86. The topological polar surface area (TPSA) is 20.3 Å². The molecule has 0 aromatic carbocycles. The normalized spacial score (nSPS) is 26.9. The van der Waals surface area contributed by atoms with Crippen molar-refractivity contribution >= 4 is 6.41 Å². The lowest BCUT2D eigenvalue weighted by molar-refractivity contribution is -0.120. The van der Waals surface area contributed by atoms with Gasteiger partial charge < -0.3 is 4.90 Å². The summed E-state index contributed by atoms with van der Waals surface area (Å²) in [7, 11) is 0. The highest BCUT2D eigenvalue weighted by molar-refractivity contribution is 5.47. The molecule has 2 rings (SSSR count). The molecule has 0 radical (unpaired) electrons. The predicted molar refractivity (Wildman–Crippen MR) is 61.6 cm³/mol. The summed E-state index contributed by atoms with van der Waals surface area (Å²) in [5.74, 6) is 0.986. The fourth-order valence-corrected chi connectivity index (χ4v) is 3.30. The molecule has 0 atom stereocenters. The van der Waals surface area contributed by atoms with Crippen molar-refractivity contribution in [3.8, 4) is 0 Å². The van der Waals surface area contributed by atoms with Crippen molar-refractivity contribution < 1.29 is 4.79 Å². The van der Waals surface area contributed by atoms with Gasteiger partial charge in [0.15, 0.2) is 0 Å². The van der Waals surface area contributed by atoms with Crippen LogP contribution in [0.3, 0.4) is 0 Å². The molecular weight excluding hydrogens is 186 g/mol. The maximum Gasteiger partial charge on any atom is 0.209 e. The van der Waals surface area contributed by atoms with Crippen LogP contribution in [0.15, 0.2) is 0 Å². The first-order chi connectivity index (χ1) is 7.28. The van der Waals surface area contributed by atoms with Gasteiger partial charge in [0.25, 0.3) is 0 Å². The van der Waals surface area contributed by atoms with Crippen LogP contribution in [0.2, 0.25) is 0 Å². The van der Waals surface area contributed by atoms with E-state index in [9.17, 15) is 4.79 Å². The van der Waals surface area contributed by atoms with E-state index >= 15 is 0 Å². The van der Waals surface area contributed by atoms with Gasteiger partial charge in [0.05, 0.1) is 0 Å². The molecule has 1 aliphatic carbocycles. The highest BCUT2D eigenvalue weighted by Crippen LogP contribution is 2.46. The third-order valence-electron chi connectivity index (χ3n) is 4.75. The summed E-state index contributed by atoms with van der Waals surface area (Å²) < 4.78 is 0. The highest BCUT2D eigenvalue weighted by atomic mass is 16.1. The first kappa shape index (κ1) is 11.0. The zero-order valence-corrected chi connectivity index (χ0v) is 9.87. The molecule has 1 saturated heterocycles. The van der Waals surface area contributed by atoms with E-state index in [0.717, 1.165) is 25.4 Å². The summed E-state index contributed by atoms with van der Waals surface area (Å²) in [6, 6.07) is 0. The number of carbonyl (C=O) groups excluding carboxylic acids is 1. The molecule has 2 aliphatic rings. The van der Waals surface area contributed by atoms with Gasteiger partial charge >= 0.3 is 0 Å². The van der Waals surface area contributed by atoms with Gasteiger partial charge in [-0.25, -0.2) is 0 Å². The second-order valence-corrected chi connectivity index (χ2v) is 5.49. The minimum Gasteiger partial charge on any atom is -0.345 e. The zero-order chi connectivity index (χ0) is 10.7. The second-order valence-electron chi connectivity index (χ2n) is 5.49. The Hall–Kier alpha value is -0.530. The fourth-order valence-electron chi connectivity index (χ4n) is 3.30. The minimum atomic E-state index is 0.616. The Morgan fingerprint density at radius 3 is 2.27 bits per heavy atom. The monoisotopic (exact) mass is 209 g/mol. The van der Waals surface area contributed by atoms with Crippen LogP contribution >= 0.6 is 0 Å². The molecule has 1 saturated carbocycles. The van der Waals surface area contributed by atoms with E-state index in [1.165, 1.54) is 44.9 Å². The number of hydrogen-bond acceptors (Lipinski definition) is 1. The number of rotatable bonds is 2. The van der Waals surface area contributed by atoms with Crippen molar-refractivity contribution in [2.24, 2.45) is 11.3 Å². The number of likely N-dealkylation sites (tertiary alicyclic amines) is 1. The van der Waals surface area contributed by atoms with Crippen LogP contribution in [0, 0.1) is 11.3 Å². The van der Waals surface area contributed by atoms with Gasteiger partial charge in [-0.15, -0.1) is 0 Å². The van der Waals surface area contributed by atoms with Crippen molar-refractivity contribution in [3.63, 3.8) is 0 Å². The molecule has 1 heterocycles. The summed E-state index contributed by atoms with van der Waals surface area (Å²) in [5, 5.41) is 0. The Labute approximate surface area is 93.0 Å². The summed E-state index contributed by atoms with van der Waals surface area (Å²) >= 11 is 0. The van der Waals surface area contributed by atoms with Crippen LogP contribution in [0.25, 0.3) is 0 Å². The third kappa shape index (κ3) is 2.35. The van der Waals surface area contributed by atoms with Crippen LogP contribution in [0.5, 0.6) is 0 Å². The molecule has 2 nitrogen and oxygen atoms in total. The molecular formula is C13H23NO. The Morgan fingerprint density at radius 2 is 1.80 bits per heavy atom. The van der Waals surface area contributed by atoms with Crippen LogP contribution in [-0.2, 0) is 4.79 Å². The van der Waals surface area contributed by atoms with Gasteiger partial charge in [-0.2, -0.15) is 0 Å². The van der Waals surface area contributed by atoms with Crippen LogP contribution < -0.4 is 0 Å². The van der Waals surface area contributed by atoms with Crippen molar-refractivity contribution in [1.82, 2.24) is 4.90 Å². The lowest BCUT2D eigenvalue weighted by Crippen LogP contribution is -2.41. The number of carbonyl (C=O) groups is 1. The number of nitrogens with zero attached hydrogens (tertiary/aromatic N) is 1. The first-order valence-corrected chi connectivity index (χ1v) is 6.47. The van der Waals surface area contributed by atoms with Crippen molar-refractivity contribution in [2.75, 3.05) is 13.1 Å². The van der Waals surface area contributed by atoms with Gasteiger partial charge in [0, 0.05) is 13.1 Å². The average molecular weight is 209 g/mol. The molecule has 0 aromatic rings. The zero-order valence-electron chi connectivity index (χ0n) is 9.87. The first-order valence-electron chi connectivity index (χ1n) is 6.47. The van der Waals surface area contributed by atoms with E-state index in [0.29, 0.717) is 5.41 Å². The SMILES string of the molecule is CCC1CCC2(CC1)CCN(C=O)CC2. The quantitative estimate of drug-likeness (QED) is 0.640. The maximum atomic E-state index is 10.7. The number of piperidine rings is 1. The van der Waals surface area contributed by atoms with E-state index < -0.39 is 0 Å². The van der Waals surface area contributed by atoms with E-state index in [-0.39, 0.29) is 0 Å². The van der Waals surface area contributed by atoms with E-state index in [2.05, 4.69) is 6.92 Å². The Bertz CT molecular complexity index is 209. The maximum absolute atomic E-state index is 10.7. The lowest BCUT2D eigenvalue weighted by Gasteiger charge is -2.45. The Morgan fingerprint density at radius 1 is 1.20 bits per heavy atom. The molecule has 86 valence electrons. The molecule has 2 fully saturated rings. The summed E-state index contributed by atoms with van der Waals surface area (Å²) in [6.45, 7) is 4.32. The minimum absolute atomic E-state index is 0.616. The van der Waals surface area contributed by atoms with E-state index in [1.807, 2.05) is 4.90 Å². The molecule has 0 unspecified atom stereocenters. The van der Waals surface area contributed by atoms with Gasteiger partial charge in [-0.05, 0) is 49.9 Å². The van der Waals surface area contributed by atoms with Crippen molar-refractivity contribution in [2.45, 2.75) is 51.9 Å². The smallest absolute Gasteiger partial charge is 0.209 e. The lowest BCUT2D eigenvalue weighted by atomic mass is 9.65. The van der Waals surface area contributed by atoms with Gasteiger partial charge in [-0.1, -0.05) is 13.3 Å². The molecule has 1 amide bonds. The summed E-state index contributed by atoms with van der Waals surface area (Å²) in [4.78, 5) is 12.6. The molecule has 15 heavy (non-hydrogen) atoms. The summed E-state index contributed by atoms with van der Waals surface area (Å²) in [6.07, 6.45) is 10.6. The van der Waals surface area contributed by atoms with Gasteiger partial charge in [0.2, 0.25) is 6.41 Å². The average Bonchev–Trinajstić information content (AvgIpc) is 2.31. The molecule has 0 aromatic heterocycles. The molecule has 2 heteroatoms. The van der Waals surface area contributed by atoms with Crippen molar-refractivity contribution in [3.05, 3.63) is 0 Å². The fraction of sp³-hybridized carbons (Fsp3) is 0.923. The van der Waals surface area contributed by atoms with Gasteiger partial charge in [-0.3, -0.25) is 4.79 Å². The number of amides is 1. The van der Waals surface area contributed by atoms with Gasteiger partial charge in [0.1, 0.15) is 0 Å². The molecule has 0 bridgehead atoms. The van der Waals surface area contributed by atoms with E-state index in [4.69, 9.17) is 0 Å². The highest BCUT2D eigenvalue weighted by Gasteiger charge is 2.37. The molecule has 0 N–H and O–H groups in total. The van der Waals surface area contributed by atoms with E-state index in [1.54, 1.807) is 0 Å². The van der Waals surface area contributed by atoms with Crippen LogP contribution in [0.1, 0.15) is 51.9 Å². The largest absolute Gasteiger partial charge is 0.345 e. The standard InChI is InChI=1S/C13H23NO/c1-2-12-3-5-13(6-4-12)7-9-14(11-15)10-8-13/h11-12H,2-10H2,1H3. The molecule has 1 aliphatic heterocycles. The predicted octanol–water partition coefficient (Wildman–Crippen LogP) is 2.83. The van der Waals surface area contributed by atoms with Crippen LogP contribution in [-0.4, -0.2) is 24.4 Å². The Kier molecular flexibility index (Phi) is 3.32. The van der Waals surface area contributed by atoms with Crippen molar-refractivity contribution in [1.29, 1.82) is 0 Å². The van der Waals surface area contributed by atoms with Crippen LogP contribution in [0.4, 0.5) is 0 Å². The second kappa shape index (κ2) is 4.54. The number of hydrogen-bond donors (Lipinski definition) is 0.